The minimum atomic E-state index is -4.10. The van der Waals surface area contributed by atoms with Crippen molar-refractivity contribution in [3.05, 3.63) is 88.5 Å². The van der Waals surface area contributed by atoms with Gasteiger partial charge in [-0.25, -0.2) is 4.79 Å². The molecule has 0 aromatic heterocycles. The van der Waals surface area contributed by atoms with Crippen LogP contribution in [0.15, 0.2) is 77.2 Å². The number of amides is 4. The number of carbonyl (C=O) groups is 3. The van der Waals surface area contributed by atoms with Crippen molar-refractivity contribution in [2.75, 3.05) is 13.7 Å². The van der Waals surface area contributed by atoms with Crippen molar-refractivity contribution in [3.8, 4) is 17.2 Å². The van der Waals surface area contributed by atoms with Gasteiger partial charge in [-0.2, -0.15) is 8.42 Å². The SMILES string of the molecule is CCCOc1ccc(CN2C(=O)NC(=O)/C(=C\c3ccc(OS(=O)(=O)c4ccc(Cl)cc4)cc3)C2=O)cc1OC. The minimum absolute atomic E-state index is 0.0219. The number of methoxy groups -OCH3 is 1. The third-order valence-corrected chi connectivity index (χ3v) is 7.23. The van der Waals surface area contributed by atoms with Crippen LogP contribution < -0.4 is 19.0 Å². The lowest BCUT2D eigenvalue weighted by molar-refractivity contribution is -0.130. The highest BCUT2D eigenvalue weighted by atomic mass is 35.5. The van der Waals surface area contributed by atoms with E-state index >= 15 is 0 Å². The quantitative estimate of drug-likeness (QED) is 0.208. The number of nitrogens with one attached hydrogen (secondary N) is 1. The van der Waals surface area contributed by atoms with Crippen LogP contribution in [0.1, 0.15) is 24.5 Å². The molecule has 10 nitrogen and oxygen atoms in total. The molecule has 4 rings (SSSR count). The molecular formula is C28H25ClN2O8S. The third-order valence-electron chi connectivity index (χ3n) is 5.72. The van der Waals surface area contributed by atoms with Crippen molar-refractivity contribution >= 4 is 45.6 Å². The number of benzene rings is 3. The summed E-state index contributed by atoms with van der Waals surface area (Å²) in [5.74, 6) is -0.634. The van der Waals surface area contributed by atoms with E-state index in [1.54, 1.807) is 18.2 Å². The molecule has 0 spiro atoms. The lowest BCUT2D eigenvalue weighted by atomic mass is 10.1. The summed E-state index contributed by atoms with van der Waals surface area (Å²) in [4.78, 5) is 39.0. The van der Waals surface area contributed by atoms with Crippen LogP contribution in [0.2, 0.25) is 5.02 Å². The first-order valence-electron chi connectivity index (χ1n) is 12.1. The number of hydrogen-bond donors (Lipinski definition) is 1. The van der Waals surface area contributed by atoms with Gasteiger partial charge in [-0.3, -0.25) is 19.8 Å². The van der Waals surface area contributed by atoms with Crippen LogP contribution in [0, 0.1) is 0 Å². The van der Waals surface area contributed by atoms with Gasteiger partial charge in [0.05, 0.1) is 20.3 Å². The standard InChI is InChI=1S/C28H25ClN2O8S/c1-3-14-38-24-13-6-19(16-25(24)37-2)17-31-27(33)23(26(32)30-28(31)34)15-18-4-9-21(10-5-18)39-40(35,36)22-11-7-20(29)8-12-22/h4-13,15-16H,3,14,17H2,1-2H3,(H,30,32,34)/b23-15+. The van der Waals surface area contributed by atoms with Crippen LogP contribution >= 0.6 is 11.6 Å². The lowest BCUT2D eigenvalue weighted by Crippen LogP contribution is -2.53. The highest BCUT2D eigenvalue weighted by Crippen LogP contribution is 2.29. The zero-order chi connectivity index (χ0) is 28.9. The molecule has 1 aliphatic rings. The van der Waals surface area contributed by atoms with Gasteiger partial charge in [-0.05, 0) is 72.2 Å². The first kappa shape index (κ1) is 28.7. The number of ether oxygens (including phenoxy) is 2. The number of imide groups is 2. The van der Waals surface area contributed by atoms with Gasteiger partial charge >= 0.3 is 16.1 Å². The number of halogens is 1. The van der Waals surface area contributed by atoms with Gasteiger partial charge in [0.25, 0.3) is 11.8 Å². The fraction of sp³-hybridized carbons (Fsp3) is 0.179. The van der Waals surface area contributed by atoms with Gasteiger partial charge in [0.15, 0.2) is 11.5 Å². The third kappa shape index (κ3) is 6.61. The summed E-state index contributed by atoms with van der Waals surface area (Å²) in [6.07, 6.45) is 2.12. The molecule has 0 aliphatic carbocycles. The highest BCUT2D eigenvalue weighted by molar-refractivity contribution is 7.87. The smallest absolute Gasteiger partial charge is 0.339 e. The van der Waals surface area contributed by atoms with Crippen LogP contribution in [0.4, 0.5) is 4.79 Å². The Morgan fingerprint density at radius 2 is 1.65 bits per heavy atom. The second-order valence-corrected chi connectivity index (χ2v) is 10.6. The molecule has 1 heterocycles. The Bertz CT molecular complexity index is 1570. The largest absolute Gasteiger partial charge is 0.493 e. The summed E-state index contributed by atoms with van der Waals surface area (Å²) in [6.45, 7) is 2.36. The topological polar surface area (TPSA) is 128 Å². The Morgan fingerprint density at radius 1 is 0.950 bits per heavy atom. The van der Waals surface area contributed by atoms with E-state index in [0.717, 1.165) is 11.3 Å². The van der Waals surface area contributed by atoms with Gasteiger partial charge in [0.2, 0.25) is 0 Å². The molecule has 1 saturated heterocycles. The van der Waals surface area contributed by atoms with E-state index in [1.807, 2.05) is 6.92 Å². The van der Waals surface area contributed by atoms with E-state index in [0.29, 0.717) is 34.3 Å². The van der Waals surface area contributed by atoms with Gasteiger partial charge < -0.3 is 13.7 Å². The molecule has 0 bridgehead atoms. The molecule has 1 fully saturated rings. The van der Waals surface area contributed by atoms with E-state index in [9.17, 15) is 22.8 Å². The van der Waals surface area contributed by atoms with Gasteiger partial charge in [-0.15, -0.1) is 0 Å². The number of rotatable bonds is 10. The number of hydrogen-bond acceptors (Lipinski definition) is 8. The van der Waals surface area contributed by atoms with Crippen molar-refractivity contribution in [3.63, 3.8) is 0 Å². The highest BCUT2D eigenvalue weighted by Gasteiger charge is 2.35. The summed E-state index contributed by atoms with van der Waals surface area (Å²) >= 11 is 5.81. The maximum absolute atomic E-state index is 13.2. The van der Waals surface area contributed by atoms with Crippen LogP contribution in [0.5, 0.6) is 17.2 Å². The summed E-state index contributed by atoms with van der Waals surface area (Å²) in [5, 5.41) is 2.55. The molecule has 3 aromatic carbocycles. The number of urea groups is 1. The Labute approximate surface area is 236 Å². The summed E-state index contributed by atoms with van der Waals surface area (Å²) in [7, 11) is -2.61. The minimum Gasteiger partial charge on any atom is -0.493 e. The summed E-state index contributed by atoms with van der Waals surface area (Å²) in [5.41, 5.74) is 0.723. The van der Waals surface area contributed by atoms with E-state index in [1.165, 1.54) is 61.7 Å². The van der Waals surface area contributed by atoms with Crippen molar-refractivity contribution in [2.24, 2.45) is 0 Å². The number of barbiturate groups is 1. The van der Waals surface area contributed by atoms with Crippen LogP contribution in [-0.2, 0) is 26.3 Å². The van der Waals surface area contributed by atoms with E-state index in [-0.39, 0.29) is 22.8 Å². The lowest BCUT2D eigenvalue weighted by Gasteiger charge is -2.26. The molecule has 0 saturated carbocycles. The molecule has 0 radical (unpaired) electrons. The number of carbonyl (C=O) groups excluding carboxylic acids is 3. The Hall–Kier alpha value is -4.35. The molecule has 4 amide bonds. The van der Waals surface area contributed by atoms with E-state index in [2.05, 4.69) is 5.32 Å². The number of nitrogens with zero attached hydrogens (tertiary/aromatic N) is 1. The molecule has 1 N–H and O–H groups in total. The zero-order valence-electron chi connectivity index (χ0n) is 21.5. The molecule has 0 atom stereocenters. The Morgan fingerprint density at radius 3 is 2.30 bits per heavy atom. The van der Waals surface area contributed by atoms with Crippen LogP contribution in [0.3, 0.4) is 0 Å². The van der Waals surface area contributed by atoms with E-state index in [4.69, 9.17) is 25.3 Å². The monoisotopic (exact) mass is 584 g/mol. The summed E-state index contributed by atoms with van der Waals surface area (Å²) < 4.78 is 41.1. The normalized spacial score (nSPS) is 14.7. The molecular weight excluding hydrogens is 560 g/mol. The zero-order valence-corrected chi connectivity index (χ0v) is 23.1. The van der Waals surface area contributed by atoms with Gasteiger partial charge in [-0.1, -0.05) is 36.7 Å². The second-order valence-electron chi connectivity index (χ2n) is 8.60. The Balaban J connectivity index is 1.51. The first-order chi connectivity index (χ1) is 19.1. The fourth-order valence-electron chi connectivity index (χ4n) is 3.72. The fourth-order valence-corrected chi connectivity index (χ4v) is 4.78. The second kappa shape index (κ2) is 12.2. The molecule has 1 aliphatic heterocycles. The average molecular weight is 585 g/mol. The van der Waals surface area contributed by atoms with Gasteiger partial charge in [0, 0.05) is 5.02 Å². The molecule has 3 aromatic rings. The van der Waals surface area contributed by atoms with Crippen LogP contribution in [0.25, 0.3) is 6.08 Å². The maximum Gasteiger partial charge on any atom is 0.339 e. The van der Waals surface area contributed by atoms with Crippen LogP contribution in [-0.4, -0.2) is 44.9 Å². The Kier molecular flexibility index (Phi) is 8.76. The molecule has 208 valence electrons. The predicted molar refractivity (Wildman–Crippen MR) is 147 cm³/mol. The van der Waals surface area contributed by atoms with E-state index < -0.39 is 28.0 Å². The maximum atomic E-state index is 13.2. The summed E-state index contributed by atoms with van der Waals surface area (Å²) in [6, 6.07) is 15.4. The molecule has 40 heavy (non-hydrogen) atoms. The van der Waals surface area contributed by atoms with Gasteiger partial charge in [0.1, 0.15) is 16.2 Å². The van der Waals surface area contributed by atoms with Crippen molar-refractivity contribution in [1.29, 1.82) is 0 Å². The molecule has 12 heteroatoms. The predicted octanol–water partition coefficient (Wildman–Crippen LogP) is 4.57. The first-order valence-corrected chi connectivity index (χ1v) is 13.9. The van der Waals surface area contributed by atoms with Crippen molar-refractivity contribution < 1.29 is 36.5 Å². The van der Waals surface area contributed by atoms with Crippen molar-refractivity contribution in [2.45, 2.75) is 24.8 Å². The molecule has 0 unspecified atom stereocenters. The average Bonchev–Trinajstić information content (AvgIpc) is 2.93. The van der Waals surface area contributed by atoms with Crippen molar-refractivity contribution in [1.82, 2.24) is 10.2 Å².